The molecule has 182 valence electrons. The van der Waals surface area contributed by atoms with Gasteiger partial charge in [0.05, 0.1) is 5.69 Å². The summed E-state index contributed by atoms with van der Waals surface area (Å²) in [4.78, 5) is 59.0. The van der Waals surface area contributed by atoms with Crippen LogP contribution in [-0.4, -0.2) is 70.6 Å². The van der Waals surface area contributed by atoms with E-state index < -0.39 is 67.0 Å². The minimum atomic E-state index is -1.41. The first-order valence-corrected chi connectivity index (χ1v) is 10.8. The number of nitrogens with two attached hydrogens (primary N) is 1. The third kappa shape index (κ3) is 6.74. The fourth-order valence-corrected chi connectivity index (χ4v) is 3.56. The monoisotopic (exact) mass is 533 g/mol. The highest BCUT2D eigenvalue weighted by molar-refractivity contribution is 9.08. The van der Waals surface area contributed by atoms with Gasteiger partial charge in [-0.1, -0.05) is 15.9 Å². The molecule has 5 atom stereocenters. The molecule has 0 spiro atoms. The lowest BCUT2D eigenvalue weighted by Gasteiger charge is -2.44. The molecule has 2 heterocycles. The van der Waals surface area contributed by atoms with Crippen molar-refractivity contribution < 1.29 is 47.7 Å². The van der Waals surface area contributed by atoms with Gasteiger partial charge in [0.15, 0.2) is 24.5 Å². The van der Waals surface area contributed by atoms with Gasteiger partial charge in [0.2, 0.25) is 0 Å². The maximum Gasteiger partial charge on any atom is 0.303 e. The predicted octanol–water partition coefficient (Wildman–Crippen LogP) is 0.133. The number of amides is 1. The van der Waals surface area contributed by atoms with Crippen LogP contribution in [0.4, 0.5) is 0 Å². The van der Waals surface area contributed by atoms with Crippen LogP contribution in [0.25, 0.3) is 0 Å². The van der Waals surface area contributed by atoms with Gasteiger partial charge >= 0.3 is 23.9 Å². The molecule has 1 fully saturated rings. The summed E-state index contributed by atoms with van der Waals surface area (Å²) >= 11 is 3.23. The van der Waals surface area contributed by atoms with Crippen molar-refractivity contribution in [2.24, 2.45) is 5.73 Å². The van der Waals surface area contributed by atoms with E-state index in [1.165, 1.54) is 6.07 Å². The normalized spacial score (nSPS) is 24.5. The van der Waals surface area contributed by atoms with E-state index in [-0.39, 0.29) is 11.0 Å². The molecule has 1 aromatic heterocycles. The minimum Gasteiger partial charge on any atom is -0.463 e. The number of aromatic nitrogens is 2. The van der Waals surface area contributed by atoms with Crippen molar-refractivity contribution in [3.8, 4) is 0 Å². The maximum absolute atomic E-state index is 12.0. The Bertz CT molecular complexity index is 933. The van der Waals surface area contributed by atoms with Crippen molar-refractivity contribution in [3.05, 3.63) is 17.5 Å². The van der Waals surface area contributed by atoms with E-state index in [1.807, 2.05) is 0 Å². The summed E-state index contributed by atoms with van der Waals surface area (Å²) in [5, 5.41) is 4.51. The zero-order valence-electron chi connectivity index (χ0n) is 18.3. The largest absolute Gasteiger partial charge is 0.463 e. The van der Waals surface area contributed by atoms with Gasteiger partial charge in [0, 0.05) is 33.0 Å². The number of hydrogen-bond acceptors (Lipinski definition) is 11. The number of hydrogen-bond donors (Lipinski definition) is 1. The zero-order valence-corrected chi connectivity index (χ0v) is 19.9. The minimum absolute atomic E-state index is 0.0923. The molecule has 1 amide bonds. The second-order valence-corrected chi connectivity index (χ2v) is 7.61. The van der Waals surface area contributed by atoms with Gasteiger partial charge < -0.3 is 29.4 Å². The average Bonchev–Trinajstić information content (AvgIpc) is 3.13. The Labute approximate surface area is 196 Å². The summed E-state index contributed by atoms with van der Waals surface area (Å²) in [5.74, 6) is -3.83. The van der Waals surface area contributed by atoms with Gasteiger partial charge in [-0.25, -0.2) is 4.68 Å². The van der Waals surface area contributed by atoms with Gasteiger partial charge in [-0.2, -0.15) is 5.10 Å². The smallest absolute Gasteiger partial charge is 0.303 e. The maximum atomic E-state index is 12.0. The van der Waals surface area contributed by atoms with Crippen molar-refractivity contribution in [3.63, 3.8) is 0 Å². The van der Waals surface area contributed by atoms with E-state index in [1.54, 1.807) is 0 Å². The SMILES string of the molecule is CC(=O)OCC1OC(n2nc(CBr)cc2C(N)=O)C(OC(C)=O)C(OC(C)=O)C1OC(C)=O. The standard InChI is InChI=1S/C19H24BrN3O10/c1-8(24)29-7-14-15(30-9(2)25)16(31-10(3)26)17(32-11(4)27)19(33-14)23-13(18(21)28)5-12(6-20)22-23/h5,14-17,19H,6-7H2,1-4H3,(H2,21,28). The molecule has 1 aliphatic rings. The topological polar surface area (TPSA) is 175 Å². The van der Waals surface area contributed by atoms with Crippen molar-refractivity contribution in [1.82, 2.24) is 9.78 Å². The summed E-state index contributed by atoms with van der Waals surface area (Å²) in [5.41, 5.74) is 5.78. The number of carbonyl (C=O) groups is 5. The molecule has 0 bridgehead atoms. The quantitative estimate of drug-likeness (QED) is 0.273. The van der Waals surface area contributed by atoms with Crippen molar-refractivity contribution in [2.75, 3.05) is 6.61 Å². The number of nitrogens with zero attached hydrogens (tertiary/aromatic N) is 2. The first-order valence-electron chi connectivity index (χ1n) is 9.69. The van der Waals surface area contributed by atoms with Crippen LogP contribution in [0.3, 0.4) is 0 Å². The first kappa shape index (κ1) is 26.3. The average molecular weight is 534 g/mol. The lowest BCUT2D eigenvalue weighted by atomic mass is 9.97. The van der Waals surface area contributed by atoms with Gasteiger partial charge in [-0.3, -0.25) is 24.0 Å². The van der Waals surface area contributed by atoms with Crippen LogP contribution in [0.5, 0.6) is 0 Å². The Kier molecular flexibility index (Phi) is 8.93. The highest BCUT2D eigenvalue weighted by atomic mass is 79.9. The number of alkyl halides is 1. The molecule has 0 aromatic carbocycles. The van der Waals surface area contributed by atoms with Gasteiger partial charge in [-0.05, 0) is 6.07 Å². The highest BCUT2D eigenvalue weighted by Gasteiger charge is 2.53. The Morgan fingerprint density at radius 1 is 0.970 bits per heavy atom. The third-order valence-corrected chi connectivity index (χ3v) is 4.96. The number of halogens is 1. The molecule has 5 unspecified atom stereocenters. The number of primary amides is 1. The van der Waals surface area contributed by atoms with E-state index in [0.29, 0.717) is 5.69 Å². The summed E-state index contributed by atoms with van der Waals surface area (Å²) in [6.45, 7) is 4.07. The van der Waals surface area contributed by atoms with E-state index in [2.05, 4.69) is 21.0 Å². The number of ether oxygens (including phenoxy) is 5. The Hall–Kier alpha value is -3.00. The molecule has 14 heteroatoms. The molecule has 0 saturated carbocycles. The highest BCUT2D eigenvalue weighted by Crippen LogP contribution is 2.35. The molecule has 33 heavy (non-hydrogen) atoms. The zero-order chi connectivity index (χ0) is 24.9. The molecule has 0 radical (unpaired) electrons. The van der Waals surface area contributed by atoms with Crippen LogP contribution in [0.2, 0.25) is 0 Å². The predicted molar refractivity (Wildman–Crippen MR) is 111 cm³/mol. The lowest BCUT2D eigenvalue weighted by molar-refractivity contribution is -0.270. The number of esters is 4. The molecule has 2 rings (SSSR count). The van der Waals surface area contributed by atoms with Crippen LogP contribution < -0.4 is 5.73 Å². The second kappa shape index (κ2) is 11.2. The molecule has 2 N–H and O–H groups in total. The molecule has 1 aromatic rings. The Balaban J connectivity index is 2.65. The summed E-state index contributed by atoms with van der Waals surface area (Å²) in [7, 11) is 0. The summed E-state index contributed by atoms with van der Waals surface area (Å²) in [6, 6.07) is 1.39. The molecule has 13 nitrogen and oxygen atoms in total. The van der Waals surface area contributed by atoms with Gasteiger partial charge in [0.25, 0.3) is 5.91 Å². The molecule has 0 aliphatic carbocycles. The second-order valence-electron chi connectivity index (χ2n) is 7.05. The number of rotatable bonds is 8. The molecular formula is C19H24BrN3O10. The lowest BCUT2D eigenvalue weighted by Crippen LogP contribution is -2.61. The molecule has 1 aliphatic heterocycles. The van der Waals surface area contributed by atoms with Crippen molar-refractivity contribution in [2.45, 2.75) is 63.7 Å². The van der Waals surface area contributed by atoms with E-state index in [9.17, 15) is 24.0 Å². The van der Waals surface area contributed by atoms with Crippen LogP contribution in [0, 0.1) is 0 Å². The Morgan fingerprint density at radius 2 is 1.52 bits per heavy atom. The Morgan fingerprint density at radius 3 is 2.00 bits per heavy atom. The van der Waals surface area contributed by atoms with Gasteiger partial charge in [-0.15, -0.1) is 0 Å². The first-order chi connectivity index (χ1) is 15.4. The van der Waals surface area contributed by atoms with Crippen molar-refractivity contribution >= 4 is 45.7 Å². The van der Waals surface area contributed by atoms with E-state index >= 15 is 0 Å². The van der Waals surface area contributed by atoms with Crippen LogP contribution in [0.1, 0.15) is 50.1 Å². The fraction of sp³-hybridized carbons (Fsp3) is 0.579. The molecular weight excluding hydrogens is 510 g/mol. The van der Waals surface area contributed by atoms with Gasteiger partial charge in [0.1, 0.15) is 18.4 Å². The van der Waals surface area contributed by atoms with E-state index in [4.69, 9.17) is 29.4 Å². The van der Waals surface area contributed by atoms with Crippen LogP contribution in [0.15, 0.2) is 6.07 Å². The fourth-order valence-electron chi connectivity index (χ4n) is 3.29. The molecule has 1 saturated heterocycles. The number of carbonyl (C=O) groups excluding carboxylic acids is 5. The summed E-state index contributed by atoms with van der Waals surface area (Å²) in [6.07, 6.45) is -6.68. The van der Waals surface area contributed by atoms with Crippen molar-refractivity contribution in [1.29, 1.82) is 0 Å². The van der Waals surface area contributed by atoms with Crippen LogP contribution in [-0.2, 0) is 48.2 Å². The third-order valence-electron chi connectivity index (χ3n) is 4.38. The van der Waals surface area contributed by atoms with E-state index in [0.717, 1.165) is 32.4 Å². The van der Waals surface area contributed by atoms with Crippen LogP contribution >= 0.6 is 15.9 Å². The summed E-state index contributed by atoms with van der Waals surface area (Å²) < 4.78 is 28.1.